The molecule has 0 spiro atoms. The van der Waals surface area contributed by atoms with Crippen LogP contribution in [0.2, 0.25) is 0 Å². The number of likely N-dealkylation sites (N-methyl/N-ethyl adjacent to an activating group) is 1. The molecule has 2 amide bonds. The monoisotopic (exact) mass is 212 g/mol. The molecule has 0 heterocycles. The summed E-state index contributed by atoms with van der Waals surface area (Å²) in [6.45, 7) is 2.62. The van der Waals surface area contributed by atoms with E-state index in [0.717, 1.165) is 19.3 Å². The van der Waals surface area contributed by atoms with Crippen LogP contribution < -0.4 is 5.32 Å². The third-order valence-electron chi connectivity index (χ3n) is 1.91. The summed E-state index contributed by atoms with van der Waals surface area (Å²) in [6, 6.07) is -0.156. The molecule has 4 heteroatoms. The smallest absolute Gasteiger partial charge is 0.317 e. The lowest BCUT2D eigenvalue weighted by molar-refractivity contribution is 0.144. The predicted molar refractivity (Wildman–Crippen MR) is 60.4 cm³/mol. The fourth-order valence-electron chi connectivity index (χ4n) is 1.16. The molecule has 0 radical (unpaired) electrons. The summed E-state index contributed by atoms with van der Waals surface area (Å²) in [6.07, 6.45) is 7.17. The van der Waals surface area contributed by atoms with Crippen LogP contribution in [-0.4, -0.2) is 42.3 Å². The van der Waals surface area contributed by atoms with Crippen LogP contribution in [0.3, 0.4) is 0 Å². The summed E-state index contributed by atoms with van der Waals surface area (Å²) < 4.78 is 0. The number of carbonyl (C=O) groups is 1. The summed E-state index contributed by atoms with van der Waals surface area (Å²) in [5, 5.41) is 11.8. The largest absolute Gasteiger partial charge is 0.392 e. The maximum atomic E-state index is 11.4. The van der Waals surface area contributed by atoms with Gasteiger partial charge in [0.1, 0.15) is 0 Å². The van der Waals surface area contributed by atoms with Gasteiger partial charge in [-0.3, -0.25) is 0 Å². The number of aliphatic hydroxyl groups is 1. The van der Waals surface area contributed by atoms with Crippen molar-refractivity contribution in [3.05, 3.63) is 0 Å². The second-order valence-corrected chi connectivity index (χ2v) is 3.62. The van der Waals surface area contributed by atoms with Gasteiger partial charge in [-0.25, -0.2) is 4.79 Å². The molecule has 0 bridgehead atoms. The third-order valence-corrected chi connectivity index (χ3v) is 1.91. The van der Waals surface area contributed by atoms with Crippen molar-refractivity contribution in [3.8, 4) is 12.3 Å². The number of terminal acetylenes is 1. The van der Waals surface area contributed by atoms with Crippen LogP contribution in [-0.2, 0) is 0 Å². The maximum Gasteiger partial charge on any atom is 0.317 e. The van der Waals surface area contributed by atoms with Gasteiger partial charge in [0.15, 0.2) is 0 Å². The Kier molecular flexibility index (Phi) is 7.47. The Bertz CT molecular complexity index is 221. The molecule has 0 saturated carbocycles. The van der Waals surface area contributed by atoms with Gasteiger partial charge in [-0.2, -0.15) is 0 Å². The number of nitrogens with one attached hydrogen (secondary N) is 1. The van der Waals surface area contributed by atoms with E-state index in [0.29, 0.717) is 13.1 Å². The molecule has 15 heavy (non-hydrogen) atoms. The summed E-state index contributed by atoms with van der Waals surface area (Å²) in [5.74, 6) is 2.55. The molecule has 0 aromatic rings. The first-order valence-electron chi connectivity index (χ1n) is 5.18. The van der Waals surface area contributed by atoms with Crippen molar-refractivity contribution in [1.82, 2.24) is 10.2 Å². The molecule has 0 aromatic carbocycles. The Hall–Kier alpha value is -1.21. The first kappa shape index (κ1) is 13.8. The average molecular weight is 212 g/mol. The molecule has 1 atom stereocenters. The highest BCUT2D eigenvalue weighted by Crippen LogP contribution is 1.93. The highest BCUT2D eigenvalue weighted by Gasteiger charge is 2.09. The Morgan fingerprint density at radius 2 is 2.27 bits per heavy atom. The minimum atomic E-state index is -0.498. The number of amides is 2. The van der Waals surface area contributed by atoms with Gasteiger partial charge in [0.2, 0.25) is 0 Å². The first-order valence-corrected chi connectivity index (χ1v) is 5.18. The Morgan fingerprint density at radius 3 is 2.80 bits per heavy atom. The van der Waals surface area contributed by atoms with Crippen LogP contribution in [0.4, 0.5) is 4.79 Å². The number of rotatable bonds is 6. The molecule has 0 aliphatic heterocycles. The van der Waals surface area contributed by atoms with Crippen molar-refractivity contribution < 1.29 is 9.90 Å². The highest BCUT2D eigenvalue weighted by molar-refractivity contribution is 5.73. The number of carbonyl (C=O) groups excluding carboxylic acids is 1. The Morgan fingerprint density at radius 1 is 1.60 bits per heavy atom. The second kappa shape index (κ2) is 8.13. The van der Waals surface area contributed by atoms with Crippen LogP contribution >= 0.6 is 0 Å². The van der Waals surface area contributed by atoms with Crippen LogP contribution in [0, 0.1) is 12.3 Å². The minimum Gasteiger partial charge on any atom is -0.392 e. The fraction of sp³-hybridized carbons (Fsp3) is 0.727. The van der Waals surface area contributed by atoms with Gasteiger partial charge in [-0.1, -0.05) is 0 Å². The lowest BCUT2D eigenvalue weighted by atomic mass is 10.2. The molecule has 2 N–H and O–H groups in total. The van der Waals surface area contributed by atoms with E-state index in [1.807, 2.05) is 0 Å². The van der Waals surface area contributed by atoms with Gasteiger partial charge in [0, 0.05) is 26.6 Å². The molecule has 0 aliphatic carbocycles. The molecular formula is C11H20N2O2. The van der Waals surface area contributed by atoms with E-state index >= 15 is 0 Å². The first-order chi connectivity index (χ1) is 7.07. The Labute approximate surface area is 91.7 Å². The van der Waals surface area contributed by atoms with Gasteiger partial charge in [0.25, 0.3) is 0 Å². The molecule has 0 saturated heterocycles. The zero-order valence-electron chi connectivity index (χ0n) is 9.49. The molecule has 86 valence electrons. The van der Waals surface area contributed by atoms with E-state index in [1.54, 1.807) is 14.0 Å². The minimum absolute atomic E-state index is 0.156. The van der Waals surface area contributed by atoms with Crippen molar-refractivity contribution in [3.63, 3.8) is 0 Å². The van der Waals surface area contributed by atoms with Gasteiger partial charge >= 0.3 is 6.03 Å². The number of unbranched alkanes of at least 4 members (excludes halogenated alkanes) is 2. The number of aliphatic hydroxyl groups excluding tert-OH is 1. The summed E-state index contributed by atoms with van der Waals surface area (Å²) in [7, 11) is 1.66. The van der Waals surface area contributed by atoms with Crippen LogP contribution in [0.1, 0.15) is 26.2 Å². The van der Waals surface area contributed by atoms with E-state index in [9.17, 15) is 4.79 Å². The van der Waals surface area contributed by atoms with Crippen molar-refractivity contribution in [2.75, 3.05) is 20.1 Å². The van der Waals surface area contributed by atoms with Gasteiger partial charge in [-0.05, 0) is 19.8 Å². The average Bonchev–Trinajstić information content (AvgIpc) is 2.16. The quantitative estimate of drug-likeness (QED) is 0.506. The molecule has 1 unspecified atom stereocenters. The fourth-order valence-corrected chi connectivity index (χ4v) is 1.16. The van der Waals surface area contributed by atoms with Crippen molar-refractivity contribution in [2.24, 2.45) is 0 Å². The SMILES string of the molecule is C#CCCCCNC(=O)N(C)CC(C)O. The lowest BCUT2D eigenvalue weighted by Crippen LogP contribution is -2.40. The van der Waals surface area contributed by atoms with Gasteiger partial charge < -0.3 is 15.3 Å². The molecule has 0 aliphatic rings. The van der Waals surface area contributed by atoms with Gasteiger partial charge in [0.05, 0.1) is 6.10 Å². The molecule has 4 nitrogen and oxygen atoms in total. The number of nitrogens with zero attached hydrogens (tertiary/aromatic N) is 1. The number of urea groups is 1. The van der Waals surface area contributed by atoms with E-state index in [2.05, 4.69) is 11.2 Å². The van der Waals surface area contributed by atoms with E-state index in [1.165, 1.54) is 4.90 Å². The van der Waals surface area contributed by atoms with E-state index in [4.69, 9.17) is 11.5 Å². The zero-order valence-corrected chi connectivity index (χ0v) is 9.49. The Balaban J connectivity index is 3.52. The van der Waals surface area contributed by atoms with Crippen molar-refractivity contribution >= 4 is 6.03 Å². The molecule has 0 aromatic heterocycles. The standard InChI is InChI=1S/C11H20N2O2/c1-4-5-6-7-8-12-11(15)13(3)9-10(2)14/h1,10,14H,5-9H2,2-3H3,(H,12,15). The normalized spacial score (nSPS) is 11.6. The second-order valence-electron chi connectivity index (χ2n) is 3.62. The summed E-state index contributed by atoms with van der Waals surface area (Å²) >= 11 is 0. The van der Waals surface area contributed by atoms with Crippen molar-refractivity contribution in [1.29, 1.82) is 0 Å². The van der Waals surface area contributed by atoms with Crippen LogP contribution in [0.15, 0.2) is 0 Å². The van der Waals surface area contributed by atoms with E-state index < -0.39 is 6.10 Å². The third kappa shape index (κ3) is 7.83. The van der Waals surface area contributed by atoms with Crippen LogP contribution in [0.25, 0.3) is 0 Å². The van der Waals surface area contributed by atoms with Gasteiger partial charge in [-0.15, -0.1) is 12.3 Å². The zero-order chi connectivity index (χ0) is 11.7. The van der Waals surface area contributed by atoms with Crippen molar-refractivity contribution in [2.45, 2.75) is 32.3 Å². The topological polar surface area (TPSA) is 52.6 Å². The van der Waals surface area contributed by atoms with E-state index in [-0.39, 0.29) is 6.03 Å². The predicted octanol–water partition coefficient (Wildman–Crippen LogP) is 0.812. The van der Waals surface area contributed by atoms with Crippen LogP contribution in [0.5, 0.6) is 0 Å². The summed E-state index contributed by atoms with van der Waals surface area (Å²) in [4.78, 5) is 12.8. The summed E-state index contributed by atoms with van der Waals surface area (Å²) in [5.41, 5.74) is 0. The molecular weight excluding hydrogens is 192 g/mol. The number of hydrogen-bond donors (Lipinski definition) is 2. The number of hydrogen-bond acceptors (Lipinski definition) is 2. The maximum absolute atomic E-state index is 11.4. The lowest BCUT2D eigenvalue weighted by Gasteiger charge is -2.19. The molecule has 0 fully saturated rings. The molecule has 0 rings (SSSR count). The highest BCUT2D eigenvalue weighted by atomic mass is 16.3.